The van der Waals surface area contributed by atoms with Crippen molar-refractivity contribution in [2.24, 2.45) is 0 Å². The fourth-order valence-corrected chi connectivity index (χ4v) is 5.50. The molecule has 0 saturated heterocycles. The van der Waals surface area contributed by atoms with Crippen LogP contribution < -0.4 is 22.9 Å². The molecule has 0 spiro atoms. The number of fused-ring (bicyclic) bond motifs is 4. The topological polar surface area (TPSA) is 289 Å². The van der Waals surface area contributed by atoms with Crippen molar-refractivity contribution in [3.8, 4) is 0 Å². The summed E-state index contributed by atoms with van der Waals surface area (Å²) in [6.45, 7) is 20.5. The second kappa shape index (κ2) is 23.6. The number of aliphatic hydroxyl groups is 4. The van der Waals surface area contributed by atoms with Crippen LogP contribution in [0.2, 0.25) is 0 Å². The summed E-state index contributed by atoms with van der Waals surface area (Å²) in [5.41, 5.74) is 28.6. The third-order valence-corrected chi connectivity index (χ3v) is 8.31. The predicted molar refractivity (Wildman–Crippen MR) is 245 cm³/mol. The minimum absolute atomic E-state index is 0.00819. The van der Waals surface area contributed by atoms with Gasteiger partial charge in [-0.2, -0.15) is 0 Å². The molecule has 0 fully saturated rings. The Kier molecular flexibility index (Phi) is 16.0. The van der Waals surface area contributed by atoms with Gasteiger partial charge in [-0.3, -0.25) is 0 Å². The minimum Gasteiger partial charge on any atom is -0.441 e. The average molecular weight is 852 g/mol. The second-order valence-corrected chi connectivity index (χ2v) is 12.5. The largest absolute Gasteiger partial charge is 0.441 e. The Labute approximate surface area is 364 Å². The lowest BCUT2D eigenvalue weighted by molar-refractivity contribution is 0.199. The number of aryl methyl sites for hydroxylation is 4. The first-order valence-electron chi connectivity index (χ1n) is 22.5. The van der Waals surface area contributed by atoms with E-state index in [0.717, 1.165) is 27.5 Å². The van der Waals surface area contributed by atoms with Crippen LogP contribution in [0.15, 0.2) is 66.5 Å². The Balaban J connectivity index is 0.000000295. The summed E-state index contributed by atoms with van der Waals surface area (Å²) >= 11 is 0. The maximum Gasteiger partial charge on any atom is 0.192 e. The SMILES string of the molecule is CC.CC.CC.[2H]C(C)(O)c1c(N)cc2nc(C)oc2c1[3H].[2H]C(C)(O)c1c(N)ccc2c(C)noc12.[2H]C(C)(O)c1cc2c(C)noc2cc1N.[2H]C([2H])(O)c1cc2onc(C)c2cc1N. The molecule has 332 valence electrons. The highest BCUT2D eigenvalue weighted by Gasteiger charge is 2.16. The van der Waals surface area contributed by atoms with Crippen molar-refractivity contribution < 1.29 is 46.6 Å². The molecular formula is C45H64N8O8. The van der Waals surface area contributed by atoms with E-state index in [1.165, 1.54) is 32.9 Å². The number of nitrogen functional groups attached to an aromatic ring is 4. The maximum absolute atomic E-state index is 9.68. The van der Waals surface area contributed by atoms with E-state index in [2.05, 4.69) is 20.5 Å². The molecule has 0 aliphatic heterocycles. The summed E-state index contributed by atoms with van der Waals surface area (Å²) in [6, 6.07) is 11.0. The number of nitrogens with zero attached hydrogens (tertiary/aromatic N) is 4. The van der Waals surface area contributed by atoms with Crippen molar-refractivity contribution in [2.75, 3.05) is 22.9 Å². The standard InChI is InChI=1S/3C10H12N2O2.C9H10N2O2.3C2H6/c1-5(13)7-3-10-9(4-8(7)11)12-6(2)14-10;1-5-7-3-8(6(2)13)9(11)4-10(7)14-12-5;1-5-7-3-4-8(11)9(6(2)13)10(7)14-12-5;1-5-7-3-8(10)6(4-12)2-9(7)13-11-5;3*1-2/h3-5,13H,11H2,1-2H3;2*3-4,6,13H,11H2,1-2H3;2-3,12H,4,10H2,1H3;3*1-2H3/i3T,5D;2*6D;4D2;;;. The molecule has 0 bridgehead atoms. The fourth-order valence-electron chi connectivity index (χ4n) is 5.50. The molecule has 0 saturated carbocycles. The lowest BCUT2D eigenvalue weighted by Gasteiger charge is -2.07. The molecule has 8 aromatic rings. The summed E-state index contributed by atoms with van der Waals surface area (Å²) in [6.07, 6.45) is -5.41. The van der Waals surface area contributed by atoms with E-state index in [1.807, 2.05) is 41.5 Å². The van der Waals surface area contributed by atoms with Crippen LogP contribution in [-0.2, 0) is 6.56 Å². The van der Waals surface area contributed by atoms with Crippen molar-refractivity contribution in [1.29, 1.82) is 0 Å². The minimum atomic E-state index is -2.47. The zero-order chi connectivity index (χ0) is 51.7. The van der Waals surface area contributed by atoms with Crippen LogP contribution in [0.1, 0.15) is 134 Å². The number of nitrogens with two attached hydrogens (primary N) is 4. The number of rotatable bonds is 4. The van der Waals surface area contributed by atoms with E-state index in [9.17, 15) is 20.4 Å². The van der Waals surface area contributed by atoms with Crippen LogP contribution >= 0.6 is 0 Å². The van der Waals surface area contributed by atoms with Crippen molar-refractivity contribution in [1.82, 2.24) is 20.5 Å². The fraction of sp³-hybridized carbons (Fsp3) is 0.378. The monoisotopic (exact) mass is 852 g/mol. The quantitative estimate of drug-likeness (QED) is 0.0764. The Morgan fingerprint density at radius 1 is 0.639 bits per heavy atom. The molecular weight excluding hydrogens is 781 g/mol. The maximum atomic E-state index is 9.68. The van der Waals surface area contributed by atoms with E-state index in [1.54, 1.807) is 58.0 Å². The molecule has 4 heterocycles. The second-order valence-electron chi connectivity index (χ2n) is 12.5. The van der Waals surface area contributed by atoms with Gasteiger partial charge in [0.05, 0.1) is 50.1 Å². The summed E-state index contributed by atoms with van der Waals surface area (Å²) in [7, 11) is 0. The van der Waals surface area contributed by atoms with E-state index in [4.69, 9.17) is 49.1 Å². The molecule has 0 radical (unpaired) electrons. The van der Waals surface area contributed by atoms with Crippen molar-refractivity contribution in [3.63, 3.8) is 0 Å². The molecule has 8 rings (SSSR count). The number of aromatic nitrogens is 4. The van der Waals surface area contributed by atoms with E-state index in [0.29, 0.717) is 50.8 Å². The van der Waals surface area contributed by atoms with Crippen LogP contribution in [0, 0.1) is 27.7 Å². The van der Waals surface area contributed by atoms with Crippen molar-refractivity contribution in [3.05, 3.63) is 93.7 Å². The van der Waals surface area contributed by atoms with E-state index >= 15 is 0 Å². The Bertz CT molecular complexity index is 2880. The van der Waals surface area contributed by atoms with Gasteiger partial charge < -0.3 is 61.3 Å². The highest BCUT2D eigenvalue weighted by molar-refractivity contribution is 5.87. The van der Waals surface area contributed by atoms with E-state index < -0.39 is 24.8 Å². The van der Waals surface area contributed by atoms with Gasteiger partial charge in [0.2, 0.25) is 0 Å². The summed E-state index contributed by atoms with van der Waals surface area (Å²) in [4.78, 5) is 4.05. The Morgan fingerprint density at radius 3 is 1.69 bits per heavy atom. The molecule has 0 aliphatic rings. The average Bonchev–Trinajstić information content (AvgIpc) is 4.00. The van der Waals surface area contributed by atoms with Crippen molar-refractivity contribution in [2.45, 2.75) is 115 Å². The van der Waals surface area contributed by atoms with Crippen molar-refractivity contribution >= 4 is 66.8 Å². The molecule has 16 heteroatoms. The van der Waals surface area contributed by atoms with Gasteiger partial charge in [-0.15, -0.1) is 0 Å². The normalized spacial score (nSPS) is 15.0. The smallest absolute Gasteiger partial charge is 0.192 e. The number of benzene rings is 4. The first-order chi connectivity index (χ1) is 31.0. The molecule has 4 aromatic carbocycles. The van der Waals surface area contributed by atoms with Gasteiger partial charge in [-0.05, 0) is 84.0 Å². The number of hydrogen-bond donors (Lipinski definition) is 8. The van der Waals surface area contributed by atoms with Crippen LogP contribution in [0.5, 0.6) is 0 Å². The van der Waals surface area contributed by atoms with Crippen LogP contribution in [-0.4, -0.2) is 40.9 Å². The van der Waals surface area contributed by atoms with Gasteiger partial charge in [-0.25, -0.2) is 4.98 Å². The molecule has 61 heavy (non-hydrogen) atoms. The first kappa shape index (κ1) is 41.5. The molecule has 3 unspecified atom stereocenters. The molecule has 3 atom stereocenters. The lowest BCUT2D eigenvalue weighted by Crippen LogP contribution is -1.98. The zero-order valence-corrected chi connectivity index (χ0v) is 37.1. The summed E-state index contributed by atoms with van der Waals surface area (Å²) in [5.74, 6) is 0.421. The lowest BCUT2D eigenvalue weighted by atomic mass is 10.0. The van der Waals surface area contributed by atoms with Crippen LogP contribution in [0.4, 0.5) is 22.7 Å². The molecule has 16 nitrogen and oxygen atoms in total. The highest BCUT2D eigenvalue weighted by Crippen LogP contribution is 2.32. The first-order valence-corrected chi connectivity index (χ1v) is 19.5. The summed E-state index contributed by atoms with van der Waals surface area (Å²) in [5, 5.41) is 51.7. The highest BCUT2D eigenvalue weighted by atomic mass is 16.5. The number of oxazole rings is 1. The zero-order valence-electron chi connectivity index (χ0n) is 43.1. The molecule has 12 N–H and O–H groups in total. The third-order valence-electron chi connectivity index (χ3n) is 8.31. The van der Waals surface area contributed by atoms with Gasteiger partial charge in [0.25, 0.3) is 0 Å². The predicted octanol–water partition coefficient (Wildman–Crippen LogP) is 9.60. The molecule has 4 aromatic heterocycles. The number of anilines is 4. The van der Waals surface area contributed by atoms with E-state index in [-0.39, 0.29) is 39.7 Å². The van der Waals surface area contributed by atoms with Crippen LogP contribution in [0.25, 0.3) is 44.0 Å². The van der Waals surface area contributed by atoms with Crippen LogP contribution in [0.3, 0.4) is 0 Å². The molecule has 0 aliphatic carbocycles. The van der Waals surface area contributed by atoms with Gasteiger partial charge in [-0.1, -0.05) is 57.0 Å². The van der Waals surface area contributed by atoms with Gasteiger partial charge in [0.1, 0.15) is 5.52 Å². The summed E-state index contributed by atoms with van der Waals surface area (Å²) < 4.78 is 65.2. The number of hydrogen-bond acceptors (Lipinski definition) is 16. The Hall–Kier alpha value is -6.20. The molecule has 0 amide bonds. The van der Waals surface area contributed by atoms with Gasteiger partial charge >= 0.3 is 0 Å². The van der Waals surface area contributed by atoms with Gasteiger partial charge in [0.15, 0.2) is 28.2 Å². The third kappa shape index (κ3) is 12.4. The van der Waals surface area contributed by atoms with Gasteiger partial charge in [0, 0.05) is 74.2 Å². The Morgan fingerprint density at radius 2 is 1.15 bits per heavy atom.